The number of halogens is 1. The lowest BCUT2D eigenvalue weighted by atomic mass is 10.1. The Balaban J connectivity index is 1.63. The second-order valence-electron chi connectivity index (χ2n) is 7.91. The molecule has 2 heterocycles. The third-order valence-corrected chi connectivity index (χ3v) is 6.10. The van der Waals surface area contributed by atoms with Crippen molar-refractivity contribution in [3.05, 3.63) is 129 Å². The van der Waals surface area contributed by atoms with Crippen molar-refractivity contribution in [1.82, 2.24) is 9.55 Å². The molecule has 7 nitrogen and oxygen atoms in total. The van der Waals surface area contributed by atoms with E-state index in [1.807, 2.05) is 48.5 Å². The summed E-state index contributed by atoms with van der Waals surface area (Å²) in [5.41, 5.74) is 8.83. The predicted molar refractivity (Wildman–Crippen MR) is 146 cm³/mol. The molecule has 5 aromatic rings. The van der Waals surface area contributed by atoms with Gasteiger partial charge in [0.2, 0.25) is 0 Å². The monoisotopic (exact) mass is 537 g/mol. The molecule has 0 unspecified atom stereocenters. The molecule has 0 saturated carbocycles. The van der Waals surface area contributed by atoms with Gasteiger partial charge in [-0.1, -0.05) is 76.6 Å². The number of aromatic nitrogens is 2. The molecule has 8 heteroatoms. The second-order valence-corrected chi connectivity index (χ2v) is 8.82. The fraction of sp³-hybridized carbons (Fsp3) is 0. The molecule has 0 fully saturated rings. The maximum Gasteiger partial charge on any atom is 0.287 e. The van der Waals surface area contributed by atoms with E-state index in [9.17, 15) is 10.1 Å². The summed E-state index contributed by atoms with van der Waals surface area (Å²) in [4.78, 5) is 14.5. The van der Waals surface area contributed by atoms with Crippen LogP contribution in [-0.2, 0) is 0 Å². The Morgan fingerprint density at radius 1 is 0.889 bits per heavy atom. The molecular weight excluding hydrogens is 518 g/mol. The largest absolute Gasteiger partial charge is 0.309 e. The summed E-state index contributed by atoms with van der Waals surface area (Å²) in [5.74, 6) is 0.411. The van der Waals surface area contributed by atoms with E-state index in [2.05, 4.69) is 78.5 Å². The Hall–Kier alpha value is -4.56. The van der Waals surface area contributed by atoms with Crippen LogP contribution in [0, 0.1) is 10.1 Å². The van der Waals surface area contributed by atoms with E-state index in [-0.39, 0.29) is 5.69 Å². The van der Waals surface area contributed by atoms with Gasteiger partial charge in [0.25, 0.3) is 5.69 Å². The van der Waals surface area contributed by atoms with Crippen molar-refractivity contribution in [3.8, 4) is 28.2 Å². The highest BCUT2D eigenvalue weighted by molar-refractivity contribution is 9.10. The number of rotatable bonds is 7. The average Bonchev–Trinajstić information content (AvgIpc) is 3.30. The van der Waals surface area contributed by atoms with Crippen LogP contribution in [0.25, 0.3) is 28.2 Å². The number of nitro groups is 1. The number of hydrogen-bond donors (Lipinski definition) is 1. The molecular formula is C28H20BrN5O2. The van der Waals surface area contributed by atoms with Gasteiger partial charge in [-0.3, -0.25) is 15.5 Å². The number of pyridine rings is 1. The van der Waals surface area contributed by atoms with E-state index >= 15 is 0 Å². The second kappa shape index (κ2) is 10.4. The molecule has 0 aliphatic rings. The molecule has 5 rings (SSSR count). The lowest BCUT2D eigenvalue weighted by molar-refractivity contribution is -0.385. The third kappa shape index (κ3) is 4.94. The van der Waals surface area contributed by atoms with Gasteiger partial charge in [0.05, 0.1) is 22.5 Å². The fourth-order valence-electron chi connectivity index (χ4n) is 3.93. The summed E-state index contributed by atoms with van der Waals surface area (Å²) >= 11 is 3.54. The number of hydrogen-bond acceptors (Lipinski definition) is 5. The van der Waals surface area contributed by atoms with Crippen LogP contribution in [0.4, 0.5) is 11.5 Å². The highest BCUT2D eigenvalue weighted by Gasteiger charge is 2.18. The number of nitrogens with zero attached hydrogens (tertiary/aromatic N) is 4. The van der Waals surface area contributed by atoms with Gasteiger partial charge in [-0.2, -0.15) is 5.10 Å². The molecule has 0 bridgehead atoms. The molecule has 0 amide bonds. The summed E-state index contributed by atoms with van der Waals surface area (Å²) in [5, 5.41) is 15.3. The molecule has 3 aromatic carbocycles. The topological polar surface area (TPSA) is 85.4 Å². The van der Waals surface area contributed by atoms with Crippen LogP contribution in [0.3, 0.4) is 0 Å². The van der Waals surface area contributed by atoms with E-state index in [4.69, 9.17) is 0 Å². The minimum absolute atomic E-state index is 0.0741. The zero-order chi connectivity index (χ0) is 24.9. The van der Waals surface area contributed by atoms with Crippen LogP contribution in [0.2, 0.25) is 0 Å². The Morgan fingerprint density at radius 2 is 1.56 bits per heavy atom. The van der Waals surface area contributed by atoms with Crippen LogP contribution in [0.15, 0.2) is 119 Å². The van der Waals surface area contributed by atoms with Crippen molar-refractivity contribution in [3.63, 3.8) is 0 Å². The van der Waals surface area contributed by atoms with Crippen LogP contribution in [0.1, 0.15) is 5.56 Å². The minimum Gasteiger partial charge on any atom is -0.309 e. The van der Waals surface area contributed by atoms with Crippen LogP contribution in [0.5, 0.6) is 0 Å². The molecule has 0 radical (unpaired) electrons. The third-order valence-electron chi connectivity index (χ3n) is 5.57. The number of hydrazone groups is 1. The Morgan fingerprint density at radius 3 is 2.17 bits per heavy atom. The summed E-state index contributed by atoms with van der Waals surface area (Å²) in [6.07, 6.45) is 2.94. The van der Waals surface area contributed by atoms with E-state index in [1.165, 1.54) is 18.3 Å². The van der Waals surface area contributed by atoms with Crippen LogP contribution in [-0.4, -0.2) is 20.7 Å². The standard InChI is InChI=1S/C28H20BrN5O2/c29-23-11-13-24(14-12-23)33-26(20-7-3-1-4-8-20)17-22(28(33)21-9-5-2-6-10-21)18-31-32-27-16-15-25(19-30-27)34(35)36/h1-19H,(H,30,32)/b31-18-. The molecule has 0 aliphatic carbocycles. The van der Waals surface area contributed by atoms with Crippen molar-refractivity contribution in [2.45, 2.75) is 0 Å². The first-order valence-corrected chi connectivity index (χ1v) is 11.9. The maximum absolute atomic E-state index is 10.9. The Labute approximate surface area is 216 Å². The fourth-order valence-corrected chi connectivity index (χ4v) is 4.19. The summed E-state index contributed by atoms with van der Waals surface area (Å²) in [7, 11) is 0. The van der Waals surface area contributed by atoms with Crippen molar-refractivity contribution >= 4 is 33.6 Å². The Bertz CT molecular complexity index is 1510. The summed E-state index contributed by atoms with van der Waals surface area (Å²) in [6, 6.07) is 33.6. The van der Waals surface area contributed by atoms with Crippen LogP contribution >= 0.6 is 15.9 Å². The zero-order valence-electron chi connectivity index (χ0n) is 19.0. The Kier molecular flexibility index (Phi) is 6.68. The van der Waals surface area contributed by atoms with Crippen molar-refractivity contribution in [2.75, 3.05) is 5.43 Å². The summed E-state index contributed by atoms with van der Waals surface area (Å²) < 4.78 is 3.23. The van der Waals surface area contributed by atoms with E-state index in [0.29, 0.717) is 5.82 Å². The molecule has 36 heavy (non-hydrogen) atoms. The number of nitrogens with one attached hydrogen (secondary N) is 1. The molecule has 1 N–H and O–H groups in total. The smallest absolute Gasteiger partial charge is 0.287 e. The molecule has 0 aliphatic heterocycles. The first-order valence-electron chi connectivity index (χ1n) is 11.1. The van der Waals surface area contributed by atoms with E-state index in [0.717, 1.165) is 38.2 Å². The van der Waals surface area contributed by atoms with Crippen molar-refractivity contribution < 1.29 is 4.92 Å². The van der Waals surface area contributed by atoms with Crippen molar-refractivity contribution in [2.24, 2.45) is 5.10 Å². The molecule has 176 valence electrons. The number of anilines is 1. The highest BCUT2D eigenvalue weighted by atomic mass is 79.9. The van der Waals surface area contributed by atoms with Gasteiger partial charge in [0.15, 0.2) is 0 Å². The van der Waals surface area contributed by atoms with Gasteiger partial charge in [-0.25, -0.2) is 4.98 Å². The van der Waals surface area contributed by atoms with E-state index < -0.39 is 4.92 Å². The van der Waals surface area contributed by atoms with Gasteiger partial charge >= 0.3 is 0 Å². The number of benzene rings is 3. The molecule has 2 aromatic heterocycles. The highest BCUT2D eigenvalue weighted by Crippen LogP contribution is 2.35. The lowest BCUT2D eigenvalue weighted by Crippen LogP contribution is -2.01. The van der Waals surface area contributed by atoms with Gasteiger partial charge in [-0.15, -0.1) is 0 Å². The molecule has 0 saturated heterocycles. The minimum atomic E-state index is -0.484. The van der Waals surface area contributed by atoms with Gasteiger partial charge < -0.3 is 4.57 Å². The van der Waals surface area contributed by atoms with E-state index in [1.54, 1.807) is 6.21 Å². The lowest BCUT2D eigenvalue weighted by Gasteiger charge is -2.15. The predicted octanol–water partition coefficient (Wildman–Crippen LogP) is 7.32. The average molecular weight is 538 g/mol. The SMILES string of the molecule is O=[N+]([O-])c1ccc(N/N=C\c2cc(-c3ccccc3)n(-c3ccc(Br)cc3)c2-c2ccccc2)nc1. The quantitative estimate of drug-likeness (QED) is 0.134. The van der Waals surface area contributed by atoms with Gasteiger partial charge in [-0.05, 0) is 47.5 Å². The van der Waals surface area contributed by atoms with Crippen LogP contribution < -0.4 is 5.43 Å². The maximum atomic E-state index is 10.9. The first-order chi connectivity index (χ1) is 17.6. The van der Waals surface area contributed by atoms with Gasteiger partial charge in [0.1, 0.15) is 12.0 Å². The summed E-state index contributed by atoms with van der Waals surface area (Å²) in [6.45, 7) is 0. The van der Waals surface area contributed by atoms with Crippen molar-refractivity contribution in [1.29, 1.82) is 0 Å². The first kappa shape index (κ1) is 23.2. The normalized spacial score (nSPS) is 11.0. The van der Waals surface area contributed by atoms with Gasteiger partial charge in [0, 0.05) is 21.8 Å². The zero-order valence-corrected chi connectivity index (χ0v) is 20.5. The molecule has 0 spiro atoms. The molecule has 0 atom stereocenters.